The van der Waals surface area contributed by atoms with Crippen LogP contribution in [0, 0.1) is 5.82 Å². The SMILES string of the molecule is COC(=O)C(O)c1c(F)c(O)cc2c1OCO2. The molecule has 0 radical (unpaired) electrons. The summed E-state index contributed by atoms with van der Waals surface area (Å²) in [5.41, 5.74) is -0.496. The Morgan fingerprint density at radius 2 is 2.29 bits per heavy atom. The van der Waals surface area contributed by atoms with E-state index < -0.39 is 29.2 Å². The zero-order valence-corrected chi connectivity index (χ0v) is 8.77. The smallest absolute Gasteiger partial charge is 0.339 e. The van der Waals surface area contributed by atoms with Crippen molar-refractivity contribution in [1.29, 1.82) is 0 Å². The van der Waals surface area contributed by atoms with E-state index in [1.54, 1.807) is 0 Å². The Kier molecular flexibility index (Phi) is 2.76. The molecule has 0 saturated carbocycles. The van der Waals surface area contributed by atoms with Crippen molar-refractivity contribution in [3.8, 4) is 17.2 Å². The van der Waals surface area contributed by atoms with E-state index in [1.807, 2.05) is 0 Å². The Morgan fingerprint density at radius 3 is 2.94 bits per heavy atom. The van der Waals surface area contributed by atoms with Gasteiger partial charge in [-0.1, -0.05) is 0 Å². The van der Waals surface area contributed by atoms with Crippen LogP contribution in [0.25, 0.3) is 0 Å². The molecule has 6 nitrogen and oxygen atoms in total. The summed E-state index contributed by atoms with van der Waals surface area (Å²) < 4.78 is 27.8. The standard InChI is InChI=1S/C10H9FO6/c1-15-10(14)8(13)6-7(11)4(12)2-5-9(6)17-3-16-5/h2,8,12-13H,3H2,1H3. The molecule has 1 aromatic carbocycles. The number of phenolic OH excluding ortho intramolecular Hbond substituents is 1. The lowest BCUT2D eigenvalue weighted by atomic mass is 10.1. The average Bonchev–Trinajstić information content (AvgIpc) is 2.76. The fraction of sp³-hybridized carbons (Fsp3) is 0.300. The number of aromatic hydroxyl groups is 1. The number of esters is 1. The predicted octanol–water partition coefficient (Wildman–Crippen LogP) is 0.466. The lowest BCUT2D eigenvalue weighted by Gasteiger charge is -2.12. The maximum Gasteiger partial charge on any atom is 0.339 e. The summed E-state index contributed by atoms with van der Waals surface area (Å²) in [5, 5.41) is 18.9. The monoisotopic (exact) mass is 244 g/mol. The number of methoxy groups -OCH3 is 1. The van der Waals surface area contributed by atoms with E-state index in [9.17, 15) is 19.4 Å². The summed E-state index contributed by atoms with van der Waals surface area (Å²) in [6, 6.07) is 1.01. The number of halogens is 1. The number of hydrogen-bond acceptors (Lipinski definition) is 6. The van der Waals surface area contributed by atoms with Crippen LogP contribution in [0.5, 0.6) is 17.2 Å². The molecule has 1 aliphatic heterocycles. The number of rotatable bonds is 2. The third-order valence-electron chi connectivity index (χ3n) is 2.31. The van der Waals surface area contributed by atoms with Crippen LogP contribution in [0.4, 0.5) is 4.39 Å². The molecule has 1 aromatic rings. The van der Waals surface area contributed by atoms with Crippen LogP contribution in [-0.4, -0.2) is 30.1 Å². The van der Waals surface area contributed by atoms with Gasteiger partial charge in [0.1, 0.15) is 0 Å². The van der Waals surface area contributed by atoms with Gasteiger partial charge in [0.15, 0.2) is 29.2 Å². The van der Waals surface area contributed by atoms with Gasteiger partial charge in [-0.15, -0.1) is 0 Å². The number of aliphatic hydroxyl groups excluding tert-OH is 1. The molecule has 1 aliphatic rings. The largest absolute Gasteiger partial charge is 0.505 e. The van der Waals surface area contributed by atoms with E-state index in [-0.39, 0.29) is 18.3 Å². The summed E-state index contributed by atoms with van der Waals surface area (Å²) in [7, 11) is 1.05. The summed E-state index contributed by atoms with van der Waals surface area (Å²) in [4.78, 5) is 11.2. The molecule has 2 rings (SSSR count). The Morgan fingerprint density at radius 1 is 1.59 bits per heavy atom. The maximum atomic E-state index is 13.7. The molecular formula is C10H9FO6. The highest BCUT2D eigenvalue weighted by molar-refractivity contribution is 5.78. The number of benzene rings is 1. The summed E-state index contributed by atoms with van der Waals surface area (Å²) in [6.07, 6.45) is -1.89. The van der Waals surface area contributed by atoms with Gasteiger partial charge in [-0.25, -0.2) is 9.18 Å². The van der Waals surface area contributed by atoms with Gasteiger partial charge in [0.25, 0.3) is 0 Å². The van der Waals surface area contributed by atoms with Crippen molar-refractivity contribution in [3.05, 3.63) is 17.4 Å². The lowest BCUT2D eigenvalue weighted by molar-refractivity contribution is -0.151. The van der Waals surface area contributed by atoms with Crippen LogP contribution in [0.15, 0.2) is 6.07 Å². The molecule has 0 aromatic heterocycles. The molecule has 0 spiro atoms. The molecular weight excluding hydrogens is 235 g/mol. The van der Waals surface area contributed by atoms with E-state index in [0.717, 1.165) is 13.2 Å². The van der Waals surface area contributed by atoms with Crippen LogP contribution in [0.1, 0.15) is 11.7 Å². The first-order valence-electron chi connectivity index (χ1n) is 4.63. The van der Waals surface area contributed by atoms with Crippen LogP contribution in [0.2, 0.25) is 0 Å². The van der Waals surface area contributed by atoms with Crippen LogP contribution < -0.4 is 9.47 Å². The van der Waals surface area contributed by atoms with Crippen LogP contribution >= 0.6 is 0 Å². The molecule has 1 atom stereocenters. The van der Waals surface area contributed by atoms with Gasteiger partial charge >= 0.3 is 5.97 Å². The zero-order chi connectivity index (χ0) is 12.6. The van der Waals surface area contributed by atoms with Gasteiger partial charge < -0.3 is 24.4 Å². The number of fused-ring (bicyclic) bond motifs is 1. The van der Waals surface area contributed by atoms with E-state index in [4.69, 9.17) is 9.47 Å². The van der Waals surface area contributed by atoms with E-state index in [2.05, 4.69) is 4.74 Å². The second-order valence-electron chi connectivity index (χ2n) is 3.28. The van der Waals surface area contributed by atoms with E-state index in [0.29, 0.717) is 0 Å². The Hall–Kier alpha value is -2.02. The minimum absolute atomic E-state index is 0.0573. The molecule has 7 heteroatoms. The first-order valence-corrected chi connectivity index (χ1v) is 4.63. The van der Waals surface area contributed by atoms with Crippen molar-refractivity contribution >= 4 is 5.97 Å². The highest BCUT2D eigenvalue weighted by Crippen LogP contribution is 2.44. The van der Waals surface area contributed by atoms with Gasteiger partial charge in [-0.2, -0.15) is 0 Å². The molecule has 0 bridgehead atoms. The van der Waals surface area contributed by atoms with Crippen molar-refractivity contribution in [2.75, 3.05) is 13.9 Å². The first-order chi connectivity index (χ1) is 8.06. The topological polar surface area (TPSA) is 85.2 Å². The Labute approximate surface area is 95.1 Å². The van der Waals surface area contributed by atoms with Crippen LogP contribution in [0.3, 0.4) is 0 Å². The second kappa shape index (κ2) is 4.10. The predicted molar refractivity (Wildman–Crippen MR) is 51.2 cm³/mol. The number of ether oxygens (including phenoxy) is 3. The Bertz CT molecular complexity index is 472. The molecule has 0 amide bonds. The molecule has 1 unspecified atom stereocenters. The molecule has 2 N–H and O–H groups in total. The van der Waals surface area contributed by atoms with Crippen molar-refractivity contribution < 1.29 is 33.6 Å². The first kappa shape index (κ1) is 11.5. The third-order valence-corrected chi connectivity index (χ3v) is 2.31. The number of carbonyl (C=O) groups is 1. The summed E-state index contributed by atoms with van der Waals surface area (Å²) >= 11 is 0. The van der Waals surface area contributed by atoms with Crippen molar-refractivity contribution in [2.24, 2.45) is 0 Å². The zero-order valence-electron chi connectivity index (χ0n) is 8.77. The van der Waals surface area contributed by atoms with Crippen LogP contribution in [-0.2, 0) is 9.53 Å². The molecule has 1 heterocycles. The van der Waals surface area contributed by atoms with Gasteiger partial charge in [0.05, 0.1) is 12.7 Å². The number of aliphatic hydroxyl groups is 1. The molecule has 0 aliphatic carbocycles. The van der Waals surface area contributed by atoms with Crippen molar-refractivity contribution in [1.82, 2.24) is 0 Å². The van der Waals surface area contributed by atoms with Gasteiger partial charge in [-0.05, 0) is 0 Å². The fourth-order valence-corrected chi connectivity index (χ4v) is 1.51. The summed E-state index contributed by atoms with van der Waals surface area (Å²) in [6.45, 7) is -0.181. The maximum absolute atomic E-state index is 13.7. The highest BCUT2D eigenvalue weighted by Gasteiger charge is 2.33. The van der Waals surface area contributed by atoms with E-state index >= 15 is 0 Å². The normalized spacial score (nSPS) is 14.5. The van der Waals surface area contributed by atoms with E-state index in [1.165, 1.54) is 0 Å². The average molecular weight is 244 g/mol. The number of hydrogen-bond donors (Lipinski definition) is 2. The van der Waals surface area contributed by atoms with Gasteiger partial charge in [0, 0.05) is 6.07 Å². The highest BCUT2D eigenvalue weighted by atomic mass is 19.1. The third kappa shape index (κ3) is 1.74. The second-order valence-corrected chi connectivity index (χ2v) is 3.28. The minimum atomic E-state index is -1.89. The lowest BCUT2D eigenvalue weighted by Crippen LogP contribution is -2.15. The minimum Gasteiger partial charge on any atom is -0.505 e. The number of phenols is 1. The fourth-order valence-electron chi connectivity index (χ4n) is 1.51. The quantitative estimate of drug-likeness (QED) is 0.735. The molecule has 0 fully saturated rings. The molecule has 0 saturated heterocycles. The number of carbonyl (C=O) groups excluding carboxylic acids is 1. The van der Waals surface area contributed by atoms with Gasteiger partial charge in [0.2, 0.25) is 6.79 Å². The van der Waals surface area contributed by atoms with Crippen molar-refractivity contribution in [2.45, 2.75) is 6.10 Å². The Balaban J connectivity index is 2.56. The summed E-state index contributed by atoms with van der Waals surface area (Å²) in [5.74, 6) is -3.01. The molecule has 17 heavy (non-hydrogen) atoms. The van der Waals surface area contributed by atoms with Gasteiger partial charge in [-0.3, -0.25) is 0 Å². The molecule has 92 valence electrons. The van der Waals surface area contributed by atoms with Crippen molar-refractivity contribution in [3.63, 3.8) is 0 Å².